The monoisotopic (exact) mass is 651 g/mol. The van der Waals surface area contributed by atoms with Gasteiger partial charge < -0.3 is 29.7 Å². The first kappa shape index (κ1) is 36.3. The molecule has 3 heterocycles. The van der Waals surface area contributed by atoms with Crippen molar-refractivity contribution in [1.29, 1.82) is 0 Å². The van der Waals surface area contributed by atoms with Gasteiger partial charge in [-0.25, -0.2) is 0 Å². The number of benzene rings is 1. The van der Waals surface area contributed by atoms with Crippen LogP contribution in [0, 0.1) is 11.8 Å². The Morgan fingerprint density at radius 1 is 1.15 bits per heavy atom. The summed E-state index contributed by atoms with van der Waals surface area (Å²) in [5.74, 6) is -2.90. The van der Waals surface area contributed by atoms with E-state index in [4.69, 9.17) is 9.47 Å². The number of nitrogens with zero attached hydrogens (tertiary/aromatic N) is 2. The Labute approximate surface area is 279 Å². The summed E-state index contributed by atoms with van der Waals surface area (Å²) in [5, 5.41) is 12.3. The van der Waals surface area contributed by atoms with Gasteiger partial charge in [-0.15, -0.1) is 13.2 Å². The van der Waals surface area contributed by atoms with Crippen LogP contribution >= 0.6 is 0 Å². The number of allylic oxidation sites excluding steroid dienone is 1. The average Bonchev–Trinajstić information content (AvgIpc) is 3.71. The van der Waals surface area contributed by atoms with Gasteiger partial charge in [0.25, 0.3) is 0 Å². The number of amides is 3. The van der Waals surface area contributed by atoms with Crippen LogP contribution in [0.1, 0.15) is 89.7 Å². The molecule has 2 N–H and O–H groups in total. The Kier molecular flexibility index (Phi) is 13.2. The second-order valence-corrected chi connectivity index (χ2v) is 13.1. The number of hydrogen-bond donors (Lipinski definition) is 2. The summed E-state index contributed by atoms with van der Waals surface area (Å²) in [6, 6.07) is 7.85. The van der Waals surface area contributed by atoms with Crippen LogP contribution in [-0.4, -0.2) is 88.6 Å². The average molecular weight is 652 g/mol. The van der Waals surface area contributed by atoms with E-state index in [-0.39, 0.29) is 30.7 Å². The molecule has 0 saturated carbocycles. The molecule has 1 aromatic carbocycles. The molecule has 3 saturated heterocycles. The minimum Gasteiger partial charge on any atom is -0.455 e. The van der Waals surface area contributed by atoms with Crippen LogP contribution in [0.4, 0.5) is 0 Å². The van der Waals surface area contributed by atoms with E-state index in [0.29, 0.717) is 58.2 Å². The van der Waals surface area contributed by atoms with Crippen molar-refractivity contribution in [2.45, 2.75) is 108 Å². The first-order valence-electron chi connectivity index (χ1n) is 17.4. The number of esters is 1. The molecule has 10 heteroatoms. The standard InChI is InChI=1S/C37H53N3O7/c1-5-8-14-23-39(22-7-3)35(44)33-37-21-20-28(47-37)30(31(37)34(43)40(33)24-15-11-16-25-41)36(45)46-32(27-17-12-10-13-18-27)26(4)38-29(42)19-9-6-2/h6-7,10,12-13,17-18,26,28,30-33,41H,2-3,5,8-9,11,14-16,19-25H2,1,4H3,(H,38,42)/t26-,28+,30-,31-,32-,33+,37-/m1/s1. The van der Waals surface area contributed by atoms with Crippen LogP contribution < -0.4 is 5.32 Å². The van der Waals surface area contributed by atoms with Gasteiger partial charge in [-0.05, 0) is 57.4 Å². The lowest BCUT2D eigenvalue weighted by atomic mass is 9.70. The maximum Gasteiger partial charge on any atom is 0.313 e. The maximum absolute atomic E-state index is 14.4. The van der Waals surface area contributed by atoms with Gasteiger partial charge in [-0.3, -0.25) is 19.2 Å². The molecule has 3 aliphatic heterocycles. The SMILES string of the molecule is C=CCCC(=O)N[C@H](C)[C@@H](OC(=O)[C@@H]1[C@@H]2CC[C@]3(O2)[C@H](C(=O)N(CC=C)CCCCC)N(CCCCCO)C(=O)[C@@H]13)c1ccccc1. The minimum absolute atomic E-state index is 0.0574. The van der Waals surface area contributed by atoms with E-state index in [2.05, 4.69) is 25.4 Å². The number of nitrogens with one attached hydrogen (secondary N) is 1. The molecular formula is C37H53N3O7. The fourth-order valence-electron chi connectivity index (χ4n) is 7.62. The lowest BCUT2D eigenvalue weighted by Crippen LogP contribution is -2.56. The summed E-state index contributed by atoms with van der Waals surface area (Å²) in [4.78, 5) is 59.0. The molecule has 0 unspecified atom stereocenters. The van der Waals surface area contributed by atoms with E-state index in [0.717, 1.165) is 24.8 Å². The van der Waals surface area contributed by atoms with Crippen molar-refractivity contribution < 1.29 is 33.8 Å². The highest BCUT2D eigenvalue weighted by Crippen LogP contribution is 2.59. The zero-order valence-corrected chi connectivity index (χ0v) is 28.1. The molecule has 7 atom stereocenters. The van der Waals surface area contributed by atoms with Crippen molar-refractivity contribution in [3.8, 4) is 0 Å². The van der Waals surface area contributed by atoms with E-state index in [9.17, 15) is 24.3 Å². The molecule has 3 fully saturated rings. The second kappa shape index (κ2) is 17.1. The number of ether oxygens (including phenoxy) is 2. The van der Waals surface area contributed by atoms with Crippen LogP contribution in [-0.2, 0) is 28.7 Å². The van der Waals surface area contributed by atoms with E-state index in [1.807, 2.05) is 30.3 Å². The summed E-state index contributed by atoms with van der Waals surface area (Å²) in [7, 11) is 0. The normalized spacial score (nSPS) is 25.6. The number of unbranched alkanes of at least 4 members (excludes halogenated alkanes) is 4. The number of aliphatic hydroxyl groups is 1. The molecule has 2 bridgehead atoms. The Morgan fingerprint density at radius 3 is 2.60 bits per heavy atom. The molecule has 1 spiro atoms. The van der Waals surface area contributed by atoms with Gasteiger partial charge in [0.1, 0.15) is 17.7 Å². The first-order valence-corrected chi connectivity index (χ1v) is 17.4. The Balaban J connectivity index is 1.63. The molecule has 3 aliphatic rings. The van der Waals surface area contributed by atoms with Gasteiger partial charge >= 0.3 is 5.97 Å². The van der Waals surface area contributed by atoms with Gasteiger partial charge in [0.05, 0.1) is 24.0 Å². The molecule has 258 valence electrons. The van der Waals surface area contributed by atoms with Gasteiger partial charge in [0, 0.05) is 32.7 Å². The summed E-state index contributed by atoms with van der Waals surface area (Å²) in [5.41, 5.74) is -0.407. The van der Waals surface area contributed by atoms with Gasteiger partial charge in [0.2, 0.25) is 17.7 Å². The molecule has 1 aromatic rings. The van der Waals surface area contributed by atoms with Gasteiger partial charge in [-0.2, -0.15) is 0 Å². The van der Waals surface area contributed by atoms with Crippen molar-refractivity contribution in [2.24, 2.45) is 11.8 Å². The maximum atomic E-state index is 14.4. The van der Waals surface area contributed by atoms with E-state index in [1.165, 1.54) is 0 Å². The summed E-state index contributed by atoms with van der Waals surface area (Å²) in [6.07, 6.45) is 8.62. The number of fused-ring (bicyclic) bond motifs is 1. The zero-order valence-electron chi connectivity index (χ0n) is 28.1. The molecule has 0 aromatic heterocycles. The van der Waals surface area contributed by atoms with Crippen LogP contribution in [0.25, 0.3) is 0 Å². The quantitative estimate of drug-likeness (QED) is 0.121. The number of likely N-dealkylation sites (tertiary alicyclic amines) is 1. The Morgan fingerprint density at radius 2 is 1.91 bits per heavy atom. The highest BCUT2D eigenvalue weighted by Gasteiger charge is 2.75. The van der Waals surface area contributed by atoms with E-state index in [1.54, 1.807) is 28.9 Å². The third-order valence-corrected chi connectivity index (χ3v) is 9.85. The third kappa shape index (κ3) is 7.97. The smallest absolute Gasteiger partial charge is 0.313 e. The summed E-state index contributed by atoms with van der Waals surface area (Å²) >= 11 is 0. The minimum atomic E-state index is -1.13. The Hall–Kier alpha value is -3.50. The molecule has 0 radical (unpaired) electrons. The topological polar surface area (TPSA) is 125 Å². The fourth-order valence-corrected chi connectivity index (χ4v) is 7.62. The molecule has 10 nitrogen and oxygen atoms in total. The van der Waals surface area contributed by atoms with E-state index < -0.39 is 47.7 Å². The number of rotatable bonds is 20. The second-order valence-electron chi connectivity index (χ2n) is 13.1. The highest BCUT2D eigenvalue weighted by atomic mass is 16.6. The van der Waals surface area contributed by atoms with Gasteiger partial charge in [0.15, 0.2) is 0 Å². The Bertz CT molecular complexity index is 1260. The van der Waals surface area contributed by atoms with Crippen molar-refractivity contribution in [3.63, 3.8) is 0 Å². The van der Waals surface area contributed by atoms with E-state index >= 15 is 0 Å². The molecule has 3 amide bonds. The molecule has 4 rings (SSSR count). The molecular weight excluding hydrogens is 598 g/mol. The highest BCUT2D eigenvalue weighted by molar-refractivity contribution is 5.98. The number of hydrogen-bond acceptors (Lipinski definition) is 7. The predicted molar refractivity (Wildman–Crippen MR) is 179 cm³/mol. The van der Waals surface area contributed by atoms with Crippen molar-refractivity contribution in [1.82, 2.24) is 15.1 Å². The third-order valence-electron chi connectivity index (χ3n) is 9.85. The van der Waals surface area contributed by atoms with Crippen LogP contribution in [0.3, 0.4) is 0 Å². The van der Waals surface area contributed by atoms with Gasteiger partial charge in [-0.1, -0.05) is 62.2 Å². The van der Waals surface area contributed by atoms with Crippen molar-refractivity contribution in [3.05, 3.63) is 61.2 Å². The lowest BCUT2D eigenvalue weighted by molar-refractivity contribution is -0.162. The largest absolute Gasteiger partial charge is 0.455 e. The van der Waals surface area contributed by atoms with Crippen molar-refractivity contribution >= 4 is 23.7 Å². The number of carbonyl (C=O) groups excluding carboxylic acids is 4. The van der Waals surface area contributed by atoms with Crippen LogP contribution in [0.5, 0.6) is 0 Å². The fraction of sp³-hybridized carbons (Fsp3) is 0.622. The first-order chi connectivity index (χ1) is 22.7. The zero-order chi connectivity index (χ0) is 34.0. The summed E-state index contributed by atoms with van der Waals surface area (Å²) in [6.45, 7) is 12.7. The predicted octanol–water partition coefficient (Wildman–Crippen LogP) is 4.48. The molecule has 0 aliphatic carbocycles. The van der Waals surface area contributed by atoms with Crippen LogP contribution in [0.15, 0.2) is 55.6 Å². The van der Waals surface area contributed by atoms with Crippen LogP contribution in [0.2, 0.25) is 0 Å². The lowest BCUT2D eigenvalue weighted by Gasteiger charge is -2.37. The number of carbonyl (C=O) groups is 4. The number of aliphatic hydroxyl groups excluding tert-OH is 1. The molecule has 47 heavy (non-hydrogen) atoms. The summed E-state index contributed by atoms with van der Waals surface area (Å²) < 4.78 is 12.9. The van der Waals surface area contributed by atoms with Crippen molar-refractivity contribution in [2.75, 3.05) is 26.2 Å².